The van der Waals surface area contributed by atoms with Gasteiger partial charge in [-0.25, -0.2) is 0 Å². The summed E-state index contributed by atoms with van der Waals surface area (Å²) in [7, 11) is 0. The average molecular weight is 379 g/mol. The number of nitro groups is 1. The zero-order valence-corrected chi connectivity index (χ0v) is 16.1. The van der Waals surface area contributed by atoms with Gasteiger partial charge in [0.2, 0.25) is 0 Å². The molecule has 2 aromatic carbocycles. The van der Waals surface area contributed by atoms with E-state index < -0.39 is 10.8 Å². The molecule has 7 nitrogen and oxygen atoms in total. The monoisotopic (exact) mass is 379 g/mol. The Balaban J connectivity index is 2.18. The number of nitrogens with zero attached hydrogens (tertiary/aromatic N) is 3. The molecule has 1 aliphatic rings. The van der Waals surface area contributed by atoms with Crippen LogP contribution in [0.25, 0.3) is 6.08 Å². The number of amidine groups is 1. The molecule has 1 amide bonds. The van der Waals surface area contributed by atoms with E-state index in [1.165, 1.54) is 12.1 Å². The lowest BCUT2D eigenvalue weighted by Gasteiger charge is -2.24. The Hall–Kier alpha value is -3.48. The van der Waals surface area contributed by atoms with Crippen LogP contribution in [-0.4, -0.2) is 21.8 Å². The third kappa shape index (κ3) is 3.38. The molecule has 0 aliphatic carbocycles. The lowest BCUT2D eigenvalue weighted by Crippen LogP contribution is -2.25. The molecule has 0 atom stereocenters. The second-order valence-corrected chi connectivity index (χ2v) is 7.00. The SMILES string of the molecule is CC1=NC(=O)C(=Cc2ccccc2[N+](=O)[O-])N1c1cc(C(C)C)c(O)cc1C. The molecule has 7 heteroatoms. The van der Waals surface area contributed by atoms with Crippen molar-refractivity contribution in [3.05, 3.63) is 68.9 Å². The minimum Gasteiger partial charge on any atom is -0.508 e. The molecule has 28 heavy (non-hydrogen) atoms. The number of amides is 1. The molecule has 144 valence electrons. The fourth-order valence-corrected chi connectivity index (χ4v) is 3.28. The first-order chi connectivity index (χ1) is 13.2. The van der Waals surface area contributed by atoms with Crippen molar-refractivity contribution in [3.63, 3.8) is 0 Å². The maximum Gasteiger partial charge on any atom is 0.295 e. The summed E-state index contributed by atoms with van der Waals surface area (Å²) in [4.78, 5) is 29.1. The molecule has 0 spiro atoms. The first kappa shape index (κ1) is 19.3. The van der Waals surface area contributed by atoms with Gasteiger partial charge in [-0.1, -0.05) is 26.0 Å². The summed E-state index contributed by atoms with van der Waals surface area (Å²) < 4.78 is 0. The molecule has 3 rings (SSSR count). The zero-order valence-electron chi connectivity index (χ0n) is 16.1. The Kier molecular flexibility index (Phi) is 5.00. The van der Waals surface area contributed by atoms with Crippen molar-refractivity contribution in [3.8, 4) is 5.75 Å². The van der Waals surface area contributed by atoms with Crippen LogP contribution in [-0.2, 0) is 4.79 Å². The number of phenolic OH excluding ortho intramolecular Hbond substituents is 1. The molecular weight excluding hydrogens is 358 g/mol. The number of hydrogen-bond donors (Lipinski definition) is 1. The van der Waals surface area contributed by atoms with Gasteiger partial charge in [-0.3, -0.25) is 19.8 Å². The van der Waals surface area contributed by atoms with Crippen molar-refractivity contribution >= 4 is 29.2 Å². The van der Waals surface area contributed by atoms with Gasteiger partial charge >= 0.3 is 0 Å². The summed E-state index contributed by atoms with van der Waals surface area (Å²) in [5.74, 6) is 0.283. The van der Waals surface area contributed by atoms with Gasteiger partial charge in [0.25, 0.3) is 11.6 Å². The number of aromatic hydroxyl groups is 1. The van der Waals surface area contributed by atoms with E-state index in [9.17, 15) is 20.0 Å². The van der Waals surface area contributed by atoms with Crippen LogP contribution in [0.15, 0.2) is 47.1 Å². The molecular formula is C21H21N3O4. The molecule has 0 saturated carbocycles. The number of hydrogen-bond acceptors (Lipinski definition) is 5. The lowest BCUT2D eigenvalue weighted by molar-refractivity contribution is -0.385. The van der Waals surface area contributed by atoms with Crippen LogP contribution in [0.2, 0.25) is 0 Å². The highest BCUT2D eigenvalue weighted by Crippen LogP contribution is 2.37. The van der Waals surface area contributed by atoms with Crippen molar-refractivity contribution in [2.45, 2.75) is 33.6 Å². The topological polar surface area (TPSA) is 96.0 Å². The third-order valence-electron chi connectivity index (χ3n) is 4.68. The summed E-state index contributed by atoms with van der Waals surface area (Å²) in [6.07, 6.45) is 1.49. The number of aryl methyl sites for hydroxylation is 1. The van der Waals surface area contributed by atoms with Gasteiger partial charge in [0, 0.05) is 6.07 Å². The maximum absolute atomic E-state index is 12.5. The molecule has 0 saturated heterocycles. The van der Waals surface area contributed by atoms with E-state index in [1.54, 1.807) is 36.1 Å². The second-order valence-electron chi connectivity index (χ2n) is 7.00. The van der Waals surface area contributed by atoms with Crippen LogP contribution in [0.4, 0.5) is 11.4 Å². The largest absolute Gasteiger partial charge is 0.508 e. The maximum atomic E-state index is 12.5. The summed E-state index contributed by atoms with van der Waals surface area (Å²) in [5.41, 5.74) is 2.69. The third-order valence-corrected chi connectivity index (χ3v) is 4.68. The number of carbonyl (C=O) groups is 1. The van der Waals surface area contributed by atoms with Crippen LogP contribution in [0.1, 0.15) is 43.4 Å². The first-order valence-electron chi connectivity index (χ1n) is 8.89. The van der Waals surface area contributed by atoms with Crippen molar-refractivity contribution in [2.24, 2.45) is 4.99 Å². The van der Waals surface area contributed by atoms with Gasteiger partial charge in [0.15, 0.2) is 0 Å². The quantitative estimate of drug-likeness (QED) is 0.478. The van der Waals surface area contributed by atoms with Gasteiger partial charge in [-0.05, 0) is 55.2 Å². The Labute approximate surface area is 162 Å². The van der Waals surface area contributed by atoms with Gasteiger partial charge in [-0.15, -0.1) is 0 Å². The predicted molar refractivity (Wildman–Crippen MR) is 109 cm³/mol. The van der Waals surface area contributed by atoms with Gasteiger partial charge in [0.05, 0.1) is 16.2 Å². The molecule has 0 bridgehead atoms. The average Bonchev–Trinajstić information content (AvgIpc) is 2.89. The van der Waals surface area contributed by atoms with E-state index in [0.29, 0.717) is 17.1 Å². The van der Waals surface area contributed by atoms with Crippen LogP contribution in [0.3, 0.4) is 0 Å². The summed E-state index contributed by atoms with van der Waals surface area (Å²) in [6, 6.07) is 9.73. The molecule has 2 aromatic rings. The predicted octanol–water partition coefficient (Wildman–Crippen LogP) is 4.54. The highest BCUT2D eigenvalue weighted by atomic mass is 16.6. The summed E-state index contributed by atoms with van der Waals surface area (Å²) >= 11 is 0. The van der Waals surface area contributed by atoms with E-state index in [4.69, 9.17) is 0 Å². The lowest BCUT2D eigenvalue weighted by atomic mass is 9.98. The number of benzene rings is 2. The van der Waals surface area contributed by atoms with E-state index in [-0.39, 0.29) is 23.1 Å². The molecule has 0 radical (unpaired) electrons. The summed E-state index contributed by atoms with van der Waals surface area (Å²) in [5, 5.41) is 21.6. The number of anilines is 1. The van der Waals surface area contributed by atoms with Crippen molar-refractivity contribution in [1.29, 1.82) is 0 Å². The Morgan fingerprint density at radius 1 is 1.21 bits per heavy atom. The minimum absolute atomic E-state index is 0.0811. The Morgan fingerprint density at radius 2 is 1.89 bits per heavy atom. The van der Waals surface area contributed by atoms with E-state index in [1.807, 2.05) is 26.8 Å². The van der Waals surface area contributed by atoms with Crippen molar-refractivity contribution < 1.29 is 14.8 Å². The standard InChI is InChI=1S/C21H21N3O4/c1-12(2)16-11-18(13(3)9-20(16)25)23-14(4)22-21(26)19(23)10-15-7-5-6-8-17(15)24(27)28/h5-12,25H,1-4H3. The van der Waals surface area contributed by atoms with Gasteiger partial charge < -0.3 is 5.11 Å². The first-order valence-corrected chi connectivity index (χ1v) is 8.89. The Bertz CT molecular complexity index is 1040. The van der Waals surface area contributed by atoms with Crippen molar-refractivity contribution in [2.75, 3.05) is 4.90 Å². The number of carbonyl (C=O) groups excluding carboxylic acids is 1. The molecule has 1 aliphatic heterocycles. The zero-order chi connectivity index (χ0) is 20.6. The van der Waals surface area contributed by atoms with E-state index >= 15 is 0 Å². The fourth-order valence-electron chi connectivity index (χ4n) is 3.28. The van der Waals surface area contributed by atoms with Gasteiger partial charge in [0.1, 0.15) is 17.3 Å². The molecule has 0 aromatic heterocycles. The highest BCUT2D eigenvalue weighted by Gasteiger charge is 2.30. The number of aliphatic imine (C=N–C) groups is 1. The molecule has 0 fully saturated rings. The number of phenols is 1. The Morgan fingerprint density at radius 3 is 2.54 bits per heavy atom. The molecule has 1 N–H and O–H groups in total. The molecule has 0 unspecified atom stereocenters. The van der Waals surface area contributed by atoms with Crippen LogP contribution in [0, 0.1) is 17.0 Å². The van der Waals surface area contributed by atoms with Crippen LogP contribution < -0.4 is 4.90 Å². The normalized spacial score (nSPS) is 15.5. The number of para-hydroxylation sites is 1. The van der Waals surface area contributed by atoms with Crippen LogP contribution in [0.5, 0.6) is 5.75 Å². The van der Waals surface area contributed by atoms with Gasteiger partial charge in [-0.2, -0.15) is 4.99 Å². The summed E-state index contributed by atoms with van der Waals surface area (Å²) in [6.45, 7) is 7.47. The van der Waals surface area contributed by atoms with Crippen LogP contribution >= 0.6 is 0 Å². The fraction of sp³-hybridized carbons (Fsp3) is 0.238. The molecule has 1 heterocycles. The van der Waals surface area contributed by atoms with E-state index in [2.05, 4.69) is 4.99 Å². The minimum atomic E-state index is -0.480. The van der Waals surface area contributed by atoms with Crippen molar-refractivity contribution in [1.82, 2.24) is 0 Å². The number of rotatable bonds is 4. The highest BCUT2D eigenvalue weighted by molar-refractivity contribution is 6.22. The number of nitro benzene ring substituents is 1. The van der Waals surface area contributed by atoms with E-state index in [0.717, 1.165) is 11.1 Å². The second kappa shape index (κ2) is 7.26. The smallest absolute Gasteiger partial charge is 0.295 e.